The summed E-state index contributed by atoms with van der Waals surface area (Å²) in [7, 11) is 0. The summed E-state index contributed by atoms with van der Waals surface area (Å²) in [5, 5.41) is 28.0. The van der Waals surface area contributed by atoms with E-state index in [0.717, 1.165) is 25.0 Å². The summed E-state index contributed by atoms with van der Waals surface area (Å²) in [6, 6.07) is 2.77. The number of nitrogens with zero attached hydrogens (tertiary/aromatic N) is 1. The van der Waals surface area contributed by atoms with Crippen LogP contribution in [0.25, 0.3) is 0 Å². The van der Waals surface area contributed by atoms with Gasteiger partial charge < -0.3 is 49.9 Å². The zero-order chi connectivity index (χ0) is 28.6. The molecule has 3 rings (SSSR count). The van der Waals surface area contributed by atoms with E-state index in [-0.39, 0.29) is 48.8 Å². The molecule has 226 valence electrons. The van der Waals surface area contributed by atoms with Crippen molar-refractivity contribution in [2.24, 2.45) is 0 Å². The maximum atomic E-state index is 12.0. The number of rotatable bonds is 21. The fourth-order valence-electron chi connectivity index (χ4n) is 4.19. The average Bonchev–Trinajstić information content (AvgIpc) is 3.58. The van der Waals surface area contributed by atoms with E-state index in [2.05, 4.69) is 16.0 Å². The molecular weight excluding hydrogens is 548 g/mol. The number of aromatic hydroxyl groups is 2. The first-order chi connectivity index (χ1) is 19.4. The number of hydrogen-bond donors (Lipinski definition) is 5. The summed E-state index contributed by atoms with van der Waals surface area (Å²) in [5.41, 5.74) is 0. The first-order valence-corrected chi connectivity index (χ1v) is 14.6. The van der Waals surface area contributed by atoms with E-state index >= 15 is 0 Å². The molecule has 1 aromatic rings. The first kappa shape index (κ1) is 31.8. The molecule has 14 nitrogen and oxygen atoms in total. The Hall–Kier alpha value is -2.72. The maximum Gasteiger partial charge on any atom is 0.335 e. The maximum absolute atomic E-state index is 12.0. The molecule has 2 fully saturated rings. The average molecular weight is 589 g/mol. The highest BCUT2D eigenvalue weighted by atomic mass is 32.2. The topological polar surface area (TPSA) is 179 Å². The van der Waals surface area contributed by atoms with Gasteiger partial charge in [-0.3, -0.25) is 4.79 Å². The molecule has 15 heteroatoms. The molecule has 0 bridgehead atoms. The molecule has 3 atom stereocenters. The SMILES string of the molecule is O=C(CCCCC1SCC2NC(=O)NC21)NCCOCCOCCOCCOCCC(=O)On1c(O)ccc1O. The van der Waals surface area contributed by atoms with Gasteiger partial charge in [0.2, 0.25) is 17.7 Å². The third-order valence-electron chi connectivity index (χ3n) is 6.21. The van der Waals surface area contributed by atoms with Crippen molar-refractivity contribution < 1.29 is 48.4 Å². The largest absolute Gasteiger partial charge is 0.492 e. The molecule has 40 heavy (non-hydrogen) atoms. The van der Waals surface area contributed by atoms with E-state index in [1.165, 1.54) is 12.1 Å². The number of hydrogen-bond acceptors (Lipinski definition) is 11. The number of urea groups is 1. The lowest BCUT2D eigenvalue weighted by Gasteiger charge is -2.16. The van der Waals surface area contributed by atoms with Crippen LogP contribution in [0, 0.1) is 0 Å². The molecule has 5 N–H and O–H groups in total. The van der Waals surface area contributed by atoms with Crippen molar-refractivity contribution in [2.45, 2.75) is 49.4 Å². The quantitative estimate of drug-likeness (QED) is 0.0975. The van der Waals surface area contributed by atoms with E-state index in [1.54, 1.807) is 0 Å². The van der Waals surface area contributed by atoms with E-state index in [9.17, 15) is 24.6 Å². The summed E-state index contributed by atoms with van der Waals surface area (Å²) >= 11 is 1.89. The Bertz CT molecular complexity index is 914. The highest BCUT2D eigenvalue weighted by molar-refractivity contribution is 8.00. The molecule has 3 amide bonds. The third-order valence-corrected chi connectivity index (χ3v) is 7.72. The number of unbranched alkanes of at least 4 members (excludes halogenated alkanes) is 1. The lowest BCUT2D eigenvalue weighted by atomic mass is 10.0. The van der Waals surface area contributed by atoms with Crippen LogP contribution in [0.15, 0.2) is 12.1 Å². The fourth-order valence-corrected chi connectivity index (χ4v) is 5.73. The van der Waals surface area contributed by atoms with Gasteiger partial charge in [0.15, 0.2) is 0 Å². The number of carbonyl (C=O) groups is 3. The Labute approximate surface area is 237 Å². The number of thioether (sulfide) groups is 1. The minimum absolute atomic E-state index is 0.0196. The second kappa shape index (κ2) is 17.9. The molecule has 1 aromatic heterocycles. The lowest BCUT2D eigenvalue weighted by Crippen LogP contribution is -2.36. The van der Waals surface area contributed by atoms with Crippen LogP contribution >= 0.6 is 11.8 Å². The summed E-state index contributed by atoms with van der Waals surface area (Å²) in [5.74, 6) is -0.457. The minimum atomic E-state index is -0.663. The van der Waals surface area contributed by atoms with Crippen LogP contribution in [0.3, 0.4) is 0 Å². The normalized spacial score (nSPS) is 19.7. The van der Waals surface area contributed by atoms with Crippen LogP contribution in [0.2, 0.25) is 0 Å². The van der Waals surface area contributed by atoms with E-state index in [0.29, 0.717) is 69.2 Å². The smallest absolute Gasteiger partial charge is 0.335 e. The third kappa shape index (κ3) is 11.4. The Morgan fingerprint density at radius 1 is 0.900 bits per heavy atom. The monoisotopic (exact) mass is 588 g/mol. The van der Waals surface area contributed by atoms with Gasteiger partial charge in [0.1, 0.15) is 0 Å². The van der Waals surface area contributed by atoms with Crippen LogP contribution in [0.5, 0.6) is 11.8 Å². The molecule has 0 spiro atoms. The predicted octanol–water partition coefficient (Wildman–Crippen LogP) is 0.153. The Kier molecular flexibility index (Phi) is 14.2. The van der Waals surface area contributed by atoms with Gasteiger partial charge in [0.05, 0.1) is 71.4 Å². The van der Waals surface area contributed by atoms with Gasteiger partial charge in [0.25, 0.3) is 0 Å². The van der Waals surface area contributed by atoms with Crippen molar-refractivity contribution in [3.63, 3.8) is 0 Å². The predicted molar refractivity (Wildman–Crippen MR) is 144 cm³/mol. The molecule has 0 aromatic carbocycles. The van der Waals surface area contributed by atoms with Crippen molar-refractivity contribution >= 4 is 29.7 Å². The first-order valence-electron chi connectivity index (χ1n) is 13.5. The van der Waals surface area contributed by atoms with Gasteiger partial charge in [-0.2, -0.15) is 11.8 Å². The second-order valence-electron chi connectivity index (χ2n) is 9.22. The molecule has 2 aliphatic heterocycles. The van der Waals surface area contributed by atoms with Gasteiger partial charge in [-0.25, -0.2) is 9.59 Å². The van der Waals surface area contributed by atoms with Crippen LogP contribution in [-0.4, -0.2) is 115 Å². The molecule has 2 aliphatic rings. The molecule has 0 aliphatic carbocycles. The van der Waals surface area contributed by atoms with Crippen LogP contribution < -0.4 is 20.8 Å². The Balaban J connectivity index is 1.01. The second-order valence-corrected chi connectivity index (χ2v) is 10.5. The summed E-state index contributed by atoms with van der Waals surface area (Å²) in [6.07, 6.45) is 3.22. The van der Waals surface area contributed by atoms with E-state index in [1.807, 2.05) is 11.8 Å². The molecule has 3 heterocycles. The standard InChI is InChI=1S/C25H40N4O10S/c30-20(4-2-1-3-19-24-18(17-40-19)27-25(34)28-24)26-8-10-36-12-14-38-16-15-37-13-11-35-9-7-23(33)39-29-21(31)5-6-22(29)32/h5-6,18-19,24,31-32H,1-4,7-17H2,(H,26,30)(H2,27,28,34). The van der Waals surface area contributed by atoms with Gasteiger partial charge in [-0.15, -0.1) is 4.73 Å². The Morgan fingerprint density at radius 2 is 1.52 bits per heavy atom. The molecule has 0 saturated carbocycles. The summed E-state index contributed by atoms with van der Waals surface area (Å²) in [6.45, 7) is 3.23. The van der Waals surface area contributed by atoms with Gasteiger partial charge in [0, 0.05) is 36.1 Å². The summed E-state index contributed by atoms with van der Waals surface area (Å²) in [4.78, 5) is 39.8. The summed E-state index contributed by atoms with van der Waals surface area (Å²) < 4.78 is 22.2. The molecular formula is C25H40N4O10S. The van der Waals surface area contributed by atoms with Crippen molar-refractivity contribution in [2.75, 3.05) is 65.2 Å². The van der Waals surface area contributed by atoms with Gasteiger partial charge >= 0.3 is 12.0 Å². The van der Waals surface area contributed by atoms with Crippen molar-refractivity contribution in [1.29, 1.82) is 0 Å². The number of ether oxygens (including phenoxy) is 4. The zero-order valence-electron chi connectivity index (χ0n) is 22.5. The van der Waals surface area contributed by atoms with Crippen LogP contribution in [-0.2, 0) is 28.5 Å². The number of amides is 3. The fraction of sp³-hybridized carbons (Fsp3) is 0.720. The van der Waals surface area contributed by atoms with Crippen LogP contribution in [0.1, 0.15) is 32.1 Å². The lowest BCUT2D eigenvalue weighted by molar-refractivity contribution is -0.146. The number of nitrogens with one attached hydrogen (secondary N) is 3. The molecule has 3 unspecified atom stereocenters. The van der Waals surface area contributed by atoms with Crippen molar-refractivity contribution in [1.82, 2.24) is 20.7 Å². The minimum Gasteiger partial charge on any atom is -0.492 e. The van der Waals surface area contributed by atoms with Gasteiger partial charge in [-0.05, 0) is 12.8 Å². The Morgan fingerprint density at radius 3 is 2.20 bits per heavy atom. The number of aromatic nitrogens is 1. The zero-order valence-corrected chi connectivity index (χ0v) is 23.3. The molecule has 2 saturated heterocycles. The molecule has 0 radical (unpaired) electrons. The van der Waals surface area contributed by atoms with Crippen LogP contribution in [0.4, 0.5) is 4.79 Å². The van der Waals surface area contributed by atoms with Crippen molar-refractivity contribution in [3.8, 4) is 11.8 Å². The van der Waals surface area contributed by atoms with Gasteiger partial charge in [-0.1, -0.05) is 6.42 Å². The highest BCUT2D eigenvalue weighted by Crippen LogP contribution is 2.33. The van der Waals surface area contributed by atoms with E-state index in [4.69, 9.17) is 23.8 Å². The van der Waals surface area contributed by atoms with Crippen molar-refractivity contribution in [3.05, 3.63) is 12.1 Å². The number of carbonyl (C=O) groups excluding carboxylic acids is 3. The number of fused-ring (bicyclic) bond motifs is 1. The van der Waals surface area contributed by atoms with E-state index < -0.39 is 5.97 Å². The highest BCUT2D eigenvalue weighted by Gasteiger charge is 2.42.